The first-order chi connectivity index (χ1) is 11.8. The molecular formula is C17H23BrN2O5. The predicted octanol–water partition coefficient (Wildman–Crippen LogP) is 1.41. The van der Waals surface area contributed by atoms with Crippen LogP contribution in [0.4, 0.5) is 0 Å². The van der Waals surface area contributed by atoms with Crippen molar-refractivity contribution in [2.24, 2.45) is 5.92 Å². The van der Waals surface area contributed by atoms with E-state index in [0.717, 1.165) is 4.47 Å². The van der Waals surface area contributed by atoms with Crippen LogP contribution in [0.3, 0.4) is 0 Å². The Kier molecular flexibility index (Phi) is 6.95. The molecule has 25 heavy (non-hydrogen) atoms. The quantitative estimate of drug-likeness (QED) is 0.540. The van der Waals surface area contributed by atoms with Crippen molar-refractivity contribution < 1.29 is 24.2 Å². The van der Waals surface area contributed by atoms with Crippen molar-refractivity contribution in [2.75, 3.05) is 20.4 Å². The zero-order chi connectivity index (χ0) is 18.6. The van der Waals surface area contributed by atoms with Gasteiger partial charge in [0.25, 0.3) is 0 Å². The van der Waals surface area contributed by atoms with Crippen LogP contribution in [0.2, 0.25) is 0 Å². The number of carbonyl (C=O) groups is 2. The summed E-state index contributed by atoms with van der Waals surface area (Å²) in [6.45, 7) is 3.87. The number of amides is 1. The van der Waals surface area contributed by atoms with Gasteiger partial charge in [-0.3, -0.25) is 10.1 Å². The molecule has 2 N–H and O–H groups in total. The molecule has 0 saturated carbocycles. The number of esters is 1. The molecule has 0 aromatic heterocycles. The molecule has 8 heteroatoms. The summed E-state index contributed by atoms with van der Waals surface area (Å²) in [6, 6.07) is 5.72. The number of benzene rings is 1. The van der Waals surface area contributed by atoms with Gasteiger partial charge in [0.2, 0.25) is 5.91 Å². The molecule has 1 aliphatic rings. The number of carbonyl (C=O) groups excluding carboxylic acids is 2. The van der Waals surface area contributed by atoms with Crippen LogP contribution in [0.5, 0.6) is 0 Å². The Hall–Kier alpha value is -1.48. The van der Waals surface area contributed by atoms with Gasteiger partial charge in [-0.05, 0) is 23.6 Å². The third-order valence-electron chi connectivity index (χ3n) is 4.09. The highest BCUT2D eigenvalue weighted by Crippen LogP contribution is 2.20. The minimum absolute atomic E-state index is 0.0257. The van der Waals surface area contributed by atoms with Gasteiger partial charge in [0, 0.05) is 4.47 Å². The number of rotatable bonds is 6. The molecule has 1 saturated heterocycles. The second-order valence-electron chi connectivity index (χ2n) is 6.19. The minimum atomic E-state index is -1.01. The smallest absolute Gasteiger partial charge is 0.331 e. The first-order valence-corrected chi connectivity index (χ1v) is 8.80. The van der Waals surface area contributed by atoms with Gasteiger partial charge in [-0.15, -0.1) is 0 Å². The van der Waals surface area contributed by atoms with Crippen LogP contribution < -0.4 is 5.32 Å². The lowest BCUT2D eigenvalue weighted by molar-refractivity contribution is -0.152. The summed E-state index contributed by atoms with van der Waals surface area (Å²) in [5, 5.41) is 13.4. The van der Waals surface area contributed by atoms with Crippen molar-refractivity contribution >= 4 is 27.8 Å². The van der Waals surface area contributed by atoms with Crippen molar-refractivity contribution in [3.8, 4) is 0 Å². The summed E-state index contributed by atoms with van der Waals surface area (Å²) >= 11 is 3.34. The van der Waals surface area contributed by atoms with Gasteiger partial charge >= 0.3 is 5.97 Å². The van der Waals surface area contributed by atoms with Crippen molar-refractivity contribution in [1.29, 1.82) is 0 Å². The number of halogens is 1. The van der Waals surface area contributed by atoms with Crippen LogP contribution in [0.25, 0.3) is 0 Å². The van der Waals surface area contributed by atoms with E-state index in [1.54, 1.807) is 12.1 Å². The summed E-state index contributed by atoms with van der Waals surface area (Å²) in [4.78, 5) is 26.1. The fourth-order valence-electron chi connectivity index (χ4n) is 2.63. The summed E-state index contributed by atoms with van der Waals surface area (Å²) in [7, 11) is 1.28. The van der Waals surface area contributed by atoms with Gasteiger partial charge in [0.1, 0.15) is 13.0 Å². The normalized spacial score (nSPS) is 19.8. The molecular weight excluding hydrogens is 392 g/mol. The molecule has 138 valence electrons. The second-order valence-corrected chi connectivity index (χ2v) is 7.10. The van der Waals surface area contributed by atoms with Crippen LogP contribution >= 0.6 is 15.9 Å². The van der Waals surface area contributed by atoms with Crippen molar-refractivity contribution in [3.63, 3.8) is 0 Å². The van der Waals surface area contributed by atoms with E-state index in [2.05, 4.69) is 21.2 Å². The van der Waals surface area contributed by atoms with E-state index in [1.807, 2.05) is 26.0 Å². The zero-order valence-electron chi connectivity index (χ0n) is 14.4. The molecule has 7 nitrogen and oxygen atoms in total. The fraction of sp³-hybridized carbons (Fsp3) is 0.529. The fourth-order valence-corrected chi connectivity index (χ4v) is 2.89. The molecule has 1 amide bonds. The number of hydrogen-bond acceptors (Lipinski definition) is 6. The molecule has 1 aliphatic heterocycles. The molecule has 3 atom stereocenters. The molecule has 2 rings (SSSR count). The lowest BCUT2D eigenvalue weighted by Crippen LogP contribution is -2.53. The van der Waals surface area contributed by atoms with Crippen LogP contribution in [-0.2, 0) is 19.1 Å². The molecule has 1 aromatic carbocycles. The Balaban J connectivity index is 2.12. The largest absolute Gasteiger partial charge is 0.467 e. The molecule has 1 aromatic rings. The molecule has 1 unspecified atom stereocenters. The highest BCUT2D eigenvalue weighted by atomic mass is 79.9. The first-order valence-electron chi connectivity index (χ1n) is 8.00. The molecule has 0 aliphatic carbocycles. The number of aliphatic hydroxyl groups excluding tert-OH is 1. The van der Waals surface area contributed by atoms with E-state index in [1.165, 1.54) is 12.0 Å². The van der Waals surface area contributed by atoms with Crippen molar-refractivity contribution in [2.45, 2.75) is 32.2 Å². The van der Waals surface area contributed by atoms with Gasteiger partial charge in [0.05, 0.1) is 19.8 Å². The van der Waals surface area contributed by atoms with E-state index < -0.39 is 24.3 Å². The molecule has 1 heterocycles. The van der Waals surface area contributed by atoms with Crippen molar-refractivity contribution in [3.05, 3.63) is 34.3 Å². The molecule has 0 bridgehead atoms. The number of nitrogens with zero attached hydrogens (tertiary/aromatic N) is 1. The maximum absolute atomic E-state index is 12.9. The standard InChI is InChI=1S/C17H23BrN2O5/c1-10(2)14(19-15(21)11-4-6-12(18)7-5-11)16(22)20-9-25-8-13(20)17(23)24-3/h4-7,10,13-15,19,21H,8-9H2,1-3H3/t13-,14-,15?/m0/s1. The third kappa shape index (κ3) is 4.78. The first kappa shape index (κ1) is 19.8. The van der Waals surface area contributed by atoms with Gasteiger partial charge in [-0.2, -0.15) is 0 Å². The van der Waals surface area contributed by atoms with Crippen LogP contribution in [0.15, 0.2) is 28.7 Å². The highest BCUT2D eigenvalue weighted by molar-refractivity contribution is 9.10. The van der Waals surface area contributed by atoms with E-state index in [4.69, 9.17) is 9.47 Å². The number of aliphatic hydroxyl groups is 1. The Morgan fingerprint density at radius 1 is 1.36 bits per heavy atom. The van der Waals surface area contributed by atoms with E-state index in [0.29, 0.717) is 5.56 Å². The van der Waals surface area contributed by atoms with Gasteiger partial charge in [-0.1, -0.05) is 41.9 Å². The van der Waals surface area contributed by atoms with E-state index in [9.17, 15) is 14.7 Å². The maximum Gasteiger partial charge on any atom is 0.331 e. The number of nitrogens with one attached hydrogen (secondary N) is 1. The van der Waals surface area contributed by atoms with Crippen LogP contribution in [0.1, 0.15) is 25.6 Å². The average molecular weight is 415 g/mol. The Morgan fingerprint density at radius 3 is 2.56 bits per heavy atom. The summed E-state index contributed by atoms with van der Waals surface area (Å²) in [5.74, 6) is -0.919. The van der Waals surface area contributed by atoms with Gasteiger partial charge < -0.3 is 19.5 Å². The SMILES string of the molecule is COC(=O)[C@@H]1COCN1C(=O)[C@@H](NC(O)c1ccc(Br)cc1)C(C)C. The predicted molar refractivity (Wildman–Crippen MR) is 94.3 cm³/mol. The average Bonchev–Trinajstić information content (AvgIpc) is 3.08. The van der Waals surface area contributed by atoms with Gasteiger partial charge in [-0.25, -0.2) is 4.79 Å². The van der Waals surface area contributed by atoms with Crippen LogP contribution in [-0.4, -0.2) is 54.4 Å². The number of hydrogen-bond donors (Lipinski definition) is 2. The molecule has 1 fully saturated rings. The third-order valence-corrected chi connectivity index (χ3v) is 4.62. The Morgan fingerprint density at radius 2 is 2.00 bits per heavy atom. The van der Waals surface area contributed by atoms with Gasteiger partial charge in [0.15, 0.2) is 6.04 Å². The van der Waals surface area contributed by atoms with E-state index in [-0.39, 0.29) is 25.2 Å². The Bertz CT molecular complexity index is 608. The number of ether oxygens (including phenoxy) is 2. The second kappa shape index (κ2) is 8.75. The zero-order valence-corrected chi connectivity index (χ0v) is 16.0. The highest BCUT2D eigenvalue weighted by Gasteiger charge is 2.40. The summed E-state index contributed by atoms with van der Waals surface area (Å²) in [6.07, 6.45) is -1.01. The topological polar surface area (TPSA) is 88.1 Å². The minimum Gasteiger partial charge on any atom is -0.467 e. The number of methoxy groups -OCH3 is 1. The van der Waals surface area contributed by atoms with Crippen molar-refractivity contribution in [1.82, 2.24) is 10.2 Å². The lowest BCUT2D eigenvalue weighted by Gasteiger charge is -2.30. The molecule has 0 spiro atoms. The molecule has 0 radical (unpaired) electrons. The Labute approximate surface area is 155 Å². The lowest BCUT2D eigenvalue weighted by atomic mass is 10.0. The van der Waals surface area contributed by atoms with E-state index >= 15 is 0 Å². The summed E-state index contributed by atoms with van der Waals surface area (Å²) < 4.78 is 10.9. The van der Waals surface area contributed by atoms with Crippen LogP contribution in [0, 0.1) is 5.92 Å². The summed E-state index contributed by atoms with van der Waals surface area (Å²) in [5.41, 5.74) is 0.642. The maximum atomic E-state index is 12.9. The monoisotopic (exact) mass is 414 g/mol.